The number of nitrogens with one attached hydrogen (secondary N) is 1. The molecule has 0 spiro atoms. The van der Waals surface area contributed by atoms with E-state index in [4.69, 9.17) is 5.11 Å². The van der Waals surface area contributed by atoms with Crippen molar-refractivity contribution in [2.45, 2.75) is 64.3 Å². The molecule has 1 aliphatic heterocycles. The number of hydrogen-bond donors (Lipinski definition) is 2. The second-order valence-electron chi connectivity index (χ2n) is 4.66. The molecule has 1 unspecified atom stereocenters. The van der Waals surface area contributed by atoms with Gasteiger partial charge in [0, 0.05) is 19.1 Å². The zero-order valence-electron chi connectivity index (χ0n) is 10.5. The van der Waals surface area contributed by atoms with Crippen LogP contribution in [0.3, 0.4) is 0 Å². The molecular formula is C13H26N2O. The molecule has 1 aliphatic rings. The lowest BCUT2D eigenvalue weighted by Crippen LogP contribution is -2.30. The lowest BCUT2D eigenvalue weighted by atomic mass is 10.1. The Hall–Kier alpha value is -0.570. The fraction of sp³-hybridized carbons (Fsp3) is 0.923. The molecule has 0 aromatic heterocycles. The molecule has 1 atom stereocenters. The van der Waals surface area contributed by atoms with Crippen LogP contribution in [0, 0.1) is 0 Å². The largest absolute Gasteiger partial charge is 0.396 e. The van der Waals surface area contributed by atoms with Crippen molar-refractivity contribution in [2.24, 2.45) is 4.99 Å². The molecule has 0 aliphatic carbocycles. The lowest BCUT2D eigenvalue weighted by molar-refractivity contribution is 0.274. The van der Waals surface area contributed by atoms with Gasteiger partial charge in [0.15, 0.2) is 0 Å². The van der Waals surface area contributed by atoms with E-state index in [1.807, 2.05) is 0 Å². The van der Waals surface area contributed by atoms with Gasteiger partial charge in [-0.25, -0.2) is 0 Å². The highest BCUT2D eigenvalue weighted by Crippen LogP contribution is 2.09. The summed E-state index contributed by atoms with van der Waals surface area (Å²) in [4.78, 5) is 4.46. The van der Waals surface area contributed by atoms with Crippen LogP contribution in [0.2, 0.25) is 0 Å². The van der Waals surface area contributed by atoms with Crippen molar-refractivity contribution in [2.75, 3.05) is 13.2 Å². The van der Waals surface area contributed by atoms with Gasteiger partial charge in [-0.05, 0) is 12.8 Å². The zero-order chi connectivity index (χ0) is 11.6. The fourth-order valence-electron chi connectivity index (χ4n) is 2.09. The van der Waals surface area contributed by atoms with Crippen molar-refractivity contribution in [3.05, 3.63) is 0 Å². The molecule has 0 aromatic carbocycles. The molecule has 1 heterocycles. The Morgan fingerprint density at radius 1 is 1.25 bits per heavy atom. The molecule has 0 saturated heterocycles. The summed E-state index contributed by atoms with van der Waals surface area (Å²) in [5.74, 6) is 1.16. The van der Waals surface area contributed by atoms with E-state index in [2.05, 4.69) is 17.2 Å². The Labute approximate surface area is 99.4 Å². The maximum Gasteiger partial charge on any atom is 0.0966 e. The minimum absolute atomic E-state index is 0.261. The predicted octanol–water partition coefficient (Wildman–Crippen LogP) is 2.49. The van der Waals surface area contributed by atoms with E-state index in [1.165, 1.54) is 38.5 Å². The molecule has 3 heteroatoms. The van der Waals surface area contributed by atoms with Crippen LogP contribution in [-0.4, -0.2) is 30.1 Å². The molecule has 0 aromatic rings. The van der Waals surface area contributed by atoms with Crippen LogP contribution in [0.15, 0.2) is 4.99 Å². The van der Waals surface area contributed by atoms with Gasteiger partial charge in [-0.3, -0.25) is 4.99 Å². The summed E-state index contributed by atoms with van der Waals surface area (Å²) < 4.78 is 0. The van der Waals surface area contributed by atoms with Crippen LogP contribution < -0.4 is 5.32 Å². The topological polar surface area (TPSA) is 44.6 Å². The van der Waals surface area contributed by atoms with Crippen LogP contribution in [0.4, 0.5) is 0 Å². The Kier molecular flexibility index (Phi) is 7.23. The Morgan fingerprint density at radius 2 is 2.00 bits per heavy atom. The minimum Gasteiger partial charge on any atom is -0.396 e. The molecule has 3 nitrogen and oxygen atoms in total. The molecular weight excluding hydrogens is 200 g/mol. The second-order valence-corrected chi connectivity index (χ2v) is 4.66. The van der Waals surface area contributed by atoms with Crippen LogP contribution >= 0.6 is 0 Å². The molecule has 1 rings (SSSR count). The number of aliphatic hydroxyl groups excluding tert-OH is 1. The Morgan fingerprint density at radius 3 is 2.75 bits per heavy atom. The number of hydrogen-bond acceptors (Lipinski definition) is 3. The van der Waals surface area contributed by atoms with Gasteiger partial charge >= 0.3 is 0 Å². The summed E-state index contributed by atoms with van der Waals surface area (Å²) in [5.41, 5.74) is 0. The van der Waals surface area contributed by atoms with Crippen molar-refractivity contribution in [3.63, 3.8) is 0 Å². The number of rotatable bonds is 9. The van der Waals surface area contributed by atoms with Gasteiger partial charge in [-0.1, -0.05) is 39.0 Å². The van der Waals surface area contributed by atoms with Gasteiger partial charge in [0.2, 0.25) is 0 Å². The summed E-state index contributed by atoms with van der Waals surface area (Å²) in [5, 5.41) is 12.2. The van der Waals surface area contributed by atoms with Crippen molar-refractivity contribution in [1.29, 1.82) is 0 Å². The van der Waals surface area contributed by atoms with Gasteiger partial charge in [-0.2, -0.15) is 0 Å². The molecule has 0 saturated carbocycles. The number of amidine groups is 1. The molecule has 0 fully saturated rings. The van der Waals surface area contributed by atoms with E-state index in [-0.39, 0.29) is 6.61 Å². The normalized spacial score (nSPS) is 19.6. The smallest absolute Gasteiger partial charge is 0.0966 e. The average Bonchev–Trinajstić information content (AvgIpc) is 2.72. The standard InChI is InChI=1S/C13H26N2O/c1-2-3-4-5-6-7-8-13-14-11-12(15-13)9-10-16/h12,16H,2-11H2,1H3,(H,14,15). The highest BCUT2D eigenvalue weighted by atomic mass is 16.3. The van der Waals surface area contributed by atoms with E-state index in [9.17, 15) is 0 Å². The maximum absolute atomic E-state index is 8.82. The summed E-state index contributed by atoms with van der Waals surface area (Å²) in [7, 11) is 0. The van der Waals surface area contributed by atoms with Crippen molar-refractivity contribution < 1.29 is 5.11 Å². The van der Waals surface area contributed by atoms with Gasteiger partial charge < -0.3 is 10.4 Å². The quantitative estimate of drug-likeness (QED) is 0.593. The predicted molar refractivity (Wildman–Crippen MR) is 68.9 cm³/mol. The van der Waals surface area contributed by atoms with E-state index in [0.29, 0.717) is 6.04 Å². The Balaban J connectivity index is 1.94. The third-order valence-electron chi connectivity index (χ3n) is 3.12. The number of nitrogens with zero attached hydrogens (tertiary/aromatic N) is 1. The molecule has 0 bridgehead atoms. The van der Waals surface area contributed by atoms with Gasteiger partial charge in [0.25, 0.3) is 0 Å². The summed E-state index contributed by atoms with van der Waals surface area (Å²) in [6.45, 7) is 3.36. The fourth-order valence-corrected chi connectivity index (χ4v) is 2.09. The third-order valence-corrected chi connectivity index (χ3v) is 3.12. The molecule has 0 radical (unpaired) electrons. The summed E-state index contributed by atoms with van der Waals surface area (Å²) in [6, 6.07) is 0.389. The first-order valence-electron chi connectivity index (χ1n) is 6.77. The van der Waals surface area contributed by atoms with Crippen LogP contribution in [0.25, 0.3) is 0 Å². The first-order valence-corrected chi connectivity index (χ1v) is 6.77. The van der Waals surface area contributed by atoms with E-state index >= 15 is 0 Å². The summed E-state index contributed by atoms with van der Waals surface area (Å²) >= 11 is 0. The van der Waals surface area contributed by atoms with Crippen molar-refractivity contribution in [1.82, 2.24) is 5.32 Å². The zero-order valence-corrected chi connectivity index (χ0v) is 10.5. The van der Waals surface area contributed by atoms with E-state index in [1.54, 1.807) is 0 Å². The van der Waals surface area contributed by atoms with Crippen molar-refractivity contribution >= 4 is 5.84 Å². The third kappa shape index (κ3) is 5.50. The van der Waals surface area contributed by atoms with Crippen LogP contribution in [-0.2, 0) is 0 Å². The molecule has 2 N–H and O–H groups in total. The average molecular weight is 226 g/mol. The second kappa shape index (κ2) is 8.57. The monoisotopic (exact) mass is 226 g/mol. The van der Waals surface area contributed by atoms with Gasteiger partial charge in [0.05, 0.1) is 12.4 Å². The SMILES string of the molecule is CCCCCCCCC1=NCC(CCO)N1. The first kappa shape index (κ1) is 13.5. The first-order chi connectivity index (χ1) is 7.86. The minimum atomic E-state index is 0.261. The van der Waals surface area contributed by atoms with Crippen LogP contribution in [0.1, 0.15) is 58.3 Å². The van der Waals surface area contributed by atoms with Gasteiger partial charge in [-0.15, -0.1) is 0 Å². The maximum atomic E-state index is 8.82. The molecule has 16 heavy (non-hydrogen) atoms. The molecule has 0 amide bonds. The van der Waals surface area contributed by atoms with Gasteiger partial charge in [0.1, 0.15) is 0 Å². The van der Waals surface area contributed by atoms with Crippen molar-refractivity contribution in [3.8, 4) is 0 Å². The Bertz CT molecular complexity index is 204. The lowest BCUT2D eigenvalue weighted by Gasteiger charge is -2.09. The highest BCUT2D eigenvalue weighted by molar-refractivity contribution is 5.83. The number of unbranched alkanes of at least 4 members (excludes halogenated alkanes) is 5. The number of aliphatic imine (C=N–C) groups is 1. The van der Waals surface area contributed by atoms with Crippen LogP contribution in [0.5, 0.6) is 0 Å². The number of aliphatic hydroxyl groups is 1. The van der Waals surface area contributed by atoms with E-state index in [0.717, 1.165) is 25.2 Å². The van der Waals surface area contributed by atoms with E-state index < -0.39 is 0 Å². The highest BCUT2D eigenvalue weighted by Gasteiger charge is 2.15. The summed E-state index contributed by atoms with van der Waals surface area (Å²) in [6.07, 6.45) is 9.92. The molecule has 94 valence electrons.